The van der Waals surface area contributed by atoms with Crippen molar-refractivity contribution >= 4 is 33.2 Å². The first kappa shape index (κ1) is 12.9. The van der Waals surface area contributed by atoms with Crippen molar-refractivity contribution in [2.45, 2.75) is 18.9 Å². The van der Waals surface area contributed by atoms with Crippen LogP contribution in [0.3, 0.4) is 0 Å². The van der Waals surface area contributed by atoms with Crippen molar-refractivity contribution in [1.82, 2.24) is 10.6 Å². The van der Waals surface area contributed by atoms with Crippen molar-refractivity contribution in [1.29, 1.82) is 0 Å². The van der Waals surface area contributed by atoms with Crippen LogP contribution < -0.4 is 15.4 Å². The lowest BCUT2D eigenvalue weighted by Gasteiger charge is -2.23. The minimum atomic E-state index is -0.0206. The summed E-state index contributed by atoms with van der Waals surface area (Å²) in [6.45, 7) is 1.90. The molecule has 0 aliphatic carbocycles. The number of ether oxygens (including phenoxy) is 1. The van der Waals surface area contributed by atoms with Crippen molar-refractivity contribution in [3.8, 4) is 5.75 Å². The molecule has 1 amide bonds. The molecule has 0 bridgehead atoms. The molecule has 2 heterocycles. The lowest BCUT2D eigenvalue weighted by Crippen LogP contribution is -2.45. The van der Waals surface area contributed by atoms with Gasteiger partial charge in [-0.3, -0.25) is 4.79 Å². The molecular formula is C11H15BrN2O2S. The Morgan fingerprint density at radius 3 is 3.12 bits per heavy atom. The molecule has 94 valence electrons. The summed E-state index contributed by atoms with van der Waals surface area (Å²) in [6.07, 6.45) is 2.16. The van der Waals surface area contributed by atoms with Gasteiger partial charge in [-0.2, -0.15) is 0 Å². The molecule has 0 aromatic carbocycles. The van der Waals surface area contributed by atoms with E-state index in [1.165, 1.54) is 11.3 Å². The van der Waals surface area contributed by atoms with Crippen LogP contribution in [0, 0.1) is 0 Å². The van der Waals surface area contributed by atoms with Crippen LogP contribution in [0.5, 0.6) is 5.75 Å². The maximum atomic E-state index is 12.0. The topological polar surface area (TPSA) is 50.4 Å². The van der Waals surface area contributed by atoms with Crippen LogP contribution >= 0.6 is 27.3 Å². The fourth-order valence-corrected chi connectivity index (χ4v) is 3.39. The smallest absolute Gasteiger partial charge is 0.261 e. The number of carbonyl (C=O) groups is 1. The van der Waals surface area contributed by atoms with Gasteiger partial charge < -0.3 is 15.4 Å². The van der Waals surface area contributed by atoms with Crippen LogP contribution in [0.2, 0.25) is 0 Å². The number of hydrogen-bond acceptors (Lipinski definition) is 4. The monoisotopic (exact) mass is 318 g/mol. The lowest BCUT2D eigenvalue weighted by molar-refractivity contribution is 0.0934. The summed E-state index contributed by atoms with van der Waals surface area (Å²) in [5.41, 5.74) is 0. The second-order valence-corrected chi connectivity index (χ2v) is 6.34. The predicted octanol–water partition coefficient (Wildman–Crippen LogP) is 2.00. The summed E-state index contributed by atoms with van der Waals surface area (Å²) in [6, 6.07) is 2.00. The van der Waals surface area contributed by atoms with Crippen LogP contribution in [-0.4, -0.2) is 32.1 Å². The SMILES string of the molecule is COc1cc(C(=O)NC2CCCNC2)sc1Br. The van der Waals surface area contributed by atoms with Gasteiger partial charge >= 0.3 is 0 Å². The third-order valence-electron chi connectivity index (χ3n) is 2.73. The van der Waals surface area contributed by atoms with Crippen LogP contribution in [-0.2, 0) is 0 Å². The van der Waals surface area contributed by atoms with E-state index in [1.54, 1.807) is 13.2 Å². The van der Waals surface area contributed by atoms with Gasteiger partial charge in [0.1, 0.15) is 9.54 Å². The first-order valence-electron chi connectivity index (χ1n) is 5.55. The molecule has 0 spiro atoms. The van der Waals surface area contributed by atoms with Gasteiger partial charge in [-0.25, -0.2) is 0 Å². The Bertz CT molecular complexity index is 402. The van der Waals surface area contributed by atoms with E-state index in [-0.39, 0.29) is 11.9 Å². The van der Waals surface area contributed by atoms with Crippen molar-refractivity contribution in [3.05, 3.63) is 14.7 Å². The highest BCUT2D eigenvalue weighted by atomic mass is 79.9. The van der Waals surface area contributed by atoms with Gasteiger partial charge in [0.2, 0.25) is 0 Å². The molecule has 4 nitrogen and oxygen atoms in total. The number of carbonyl (C=O) groups excluding carboxylic acids is 1. The average Bonchev–Trinajstić information content (AvgIpc) is 2.72. The molecule has 1 saturated heterocycles. The highest BCUT2D eigenvalue weighted by Gasteiger charge is 2.19. The molecule has 0 saturated carbocycles. The molecule has 1 aliphatic heterocycles. The summed E-state index contributed by atoms with van der Waals surface area (Å²) in [5, 5.41) is 6.31. The van der Waals surface area contributed by atoms with Gasteiger partial charge in [0.25, 0.3) is 5.91 Å². The molecule has 1 atom stereocenters. The number of halogens is 1. The molecule has 1 unspecified atom stereocenters. The van der Waals surface area contributed by atoms with Crippen molar-refractivity contribution in [3.63, 3.8) is 0 Å². The average molecular weight is 319 g/mol. The minimum absolute atomic E-state index is 0.0206. The maximum absolute atomic E-state index is 12.0. The summed E-state index contributed by atoms with van der Waals surface area (Å²) >= 11 is 4.77. The fraction of sp³-hybridized carbons (Fsp3) is 0.545. The van der Waals surface area contributed by atoms with Gasteiger partial charge in [-0.05, 0) is 35.3 Å². The van der Waals surface area contributed by atoms with Crippen molar-refractivity contribution in [2.75, 3.05) is 20.2 Å². The summed E-state index contributed by atoms with van der Waals surface area (Å²) in [7, 11) is 1.60. The van der Waals surface area contributed by atoms with E-state index >= 15 is 0 Å². The first-order chi connectivity index (χ1) is 8.20. The Kier molecular flexibility index (Phi) is 4.42. The van der Waals surface area contributed by atoms with Gasteiger partial charge in [-0.15, -0.1) is 11.3 Å². The van der Waals surface area contributed by atoms with Gasteiger partial charge in [0, 0.05) is 18.7 Å². The number of amides is 1. The molecule has 2 N–H and O–H groups in total. The molecule has 1 aromatic heterocycles. The zero-order valence-electron chi connectivity index (χ0n) is 9.59. The number of rotatable bonds is 3. The Morgan fingerprint density at radius 2 is 2.53 bits per heavy atom. The maximum Gasteiger partial charge on any atom is 0.261 e. The Balaban J connectivity index is 1.98. The standard InChI is InChI=1S/C11H15BrN2O2S/c1-16-8-5-9(17-10(8)12)11(15)14-7-3-2-4-13-6-7/h5,7,13H,2-4,6H2,1H3,(H,14,15). The predicted molar refractivity (Wildman–Crippen MR) is 71.9 cm³/mol. The third kappa shape index (κ3) is 3.20. The van der Waals surface area contributed by atoms with E-state index in [2.05, 4.69) is 26.6 Å². The number of hydrogen-bond donors (Lipinski definition) is 2. The second kappa shape index (κ2) is 5.84. The molecule has 1 aliphatic rings. The number of piperidine rings is 1. The molecule has 2 rings (SSSR count). The van der Waals surface area contributed by atoms with E-state index in [4.69, 9.17) is 4.74 Å². The van der Waals surface area contributed by atoms with Gasteiger partial charge in [0.05, 0.1) is 12.0 Å². The summed E-state index contributed by atoms with van der Waals surface area (Å²) in [4.78, 5) is 12.7. The fourth-order valence-electron chi connectivity index (χ4n) is 1.83. The van der Waals surface area contributed by atoms with E-state index < -0.39 is 0 Å². The normalized spacial score (nSPS) is 20.0. The largest absolute Gasteiger partial charge is 0.495 e. The van der Waals surface area contributed by atoms with Crippen molar-refractivity contribution < 1.29 is 9.53 Å². The van der Waals surface area contributed by atoms with Crippen molar-refractivity contribution in [2.24, 2.45) is 0 Å². The molecule has 0 radical (unpaired) electrons. The number of methoxy groups -OCH3 is 1. The van der Waals surface area contributed by atoms with Gasteiger partial charge in [-0.1, -0.05) is 0 Å². The zero-order chi connectivity index (χ0) is 12.3. The van der Waals surface area contributed by atoms with E-state index in [1.807, 2.05) is 0 Å². The zero-order valence-corrected chi connectivity index (χ0v) is 12.0. The second-order valence-electron chi connectivity index (χ2n) is 3.97. The minimum Gasteiger partial charge on any atom is -0.495 e. The van der Waals surface area contributed by atoms with Crippen LogP contribution in [0.15, 0.2) is 9.85 Å². The third-order valence-corrected chi connectivity index (χ3v) is 4.51. The summed E-state index contributed by atoms with van der Waals surface area (Å²) < 4.78 is 5.99. The summed E-state index contributed by atoms with van der Waals surface area (Å²) in [5.74, 6) is 0.689. The highest BCUT2D eigenvalue weighted by molar-refractivity contribution is 9.11. The molecule has 1 aromatic rings. The molecule has 6 heteroatoms. The van der Waals surface area contributed by atoms with Gasteiger partial charge in [0.15, 0.2) is 0 Å². The number of thiophene rings is 1. The van der Waals surface area contributed by atoms with E-state index in [9.17, 15) is 4.79 Å². The van der Waals surface area contributed by atoms with Crippen LogP contribution in [0.25, 0.3) is 0 Å². The first-order valence-corrected chi connectivity index (χ1v) is 7.16. The lowest BCUT2D eigenvalue weighted by atomic mass is 10.1. The van der Waals surface area contributed by atoms with E-state index in [0.717, 1.165) is 29.7 Å². The van der Waals surface area contributed by atoms with Crippen LogP contribution in [0.4, 0.5) is 0 Å². The Morgan fingerprint density at radius 1 is 1.71 bits per heavy atom. The Hall–Kier alpha value is -0.590. The molecular weight excluding hydrogens is 304 g/mol. The highest BCUT2D eigenvalue weighted by Crippen LogP contribution is 2.34. The molecule has 1 fully saturated rings. The number of nitrogens with one attached hydrogen (secondary N) is 2. The van der Waals surface area contributed by atoms with Crippen LogP contribution in [0.1, 0.15) is 22.5 Å². The molecule has 17 heavy (non-hydrogen) atoms. The van der Waals surface area contributed by atoms with E-state index in [0.29, 0.717) is 10.6 Å². The quantitative estimate of drug-likeness (QED) is 0.896. The Labute approximate surface area is 113 Å².